The van der Waals surface area contributed by atoms with Crippen LogP contribution in [-0.4, -0.2) is 45.2 Å². The van der Waals surface area contributed by atoms with Crippen LogP contribution in [0.15, 0.2) is 47.8 Å². The van der Waals surface area contributed by atoms with Crippen molar-refractivity contribution in [3.63, 3.8) is 0 Å². The molecule has 4 N–H and O–H groups in total. The number of aromatic amines is 1. The molecule has 0 saturated carbocycles. The van der Waals surface area contributed by atoms with E-state index >= 15 is 0 Å². The quantitative estimate of drug-likeness (QED) is 0.346. The van der Waals surface area contributed by atoms with Crippen molar-refractivity contribution in [3.05, 3.63) is 69.1 Å². The van der Waals surface area contributed by atoms with Crippen molar-refractivity contribution < 1.29 is 14.3 Å². The number of carbonyl (C=O) groups excluding carboxylic acids is 2. The molecule has 0 radical (unpaired) electrons. The van der Waals surface area contributed by atoms with Crippen LogP contribution in [0.5, 0.6) is 0 Å². The number of amides is 2. The van der Waals surface area contributed by atoms with Gasteiger partial charge in [-0.05, 0) is 48.7 Å². The number of halogens is 1. The molecule has 0 spiro atoms. The number of piperidine rings is 1. The van der Waals surface area contributed by atoms with Gasteiger partial charge < -0.3 is 20.7 Å². The highest BCUT2D eigenvalue weighted by Crippen LogP contribution is 2.31. The number of nitrogen functional groups attached to an aromatic ring is 1. The molecule has 0 aliphatic carbocycles. The summed E-state index contributed by atoms with van der Waals surface area (Å²) in [5.74, 6) is 0.344. The van der Waals surface area contributed by atoms with Gasteiger partial charge in [-0.2, -0.15) is 5.10 Å². The molecular formula is C24H23ClN6O3S. The average Bonchev–Trinajstić information content (AvgIpc) is 3.51. The van der Waals surface area contributed by atoms with E-state index in [0.717, 1.165) is 34.3 Å². The molecule has 5 rings (SSSR count). The average molecular weight is 511 g/mol. The van der Waals surface area contributed by atoms with Gasteiger partial charge in [0.15, 0.2) is 5.82 Å². The lowest BCUT2D eigenvalue weighted by atomic mass is 9.98. The van der Waals surface area contributed by atoms with E-state index in [2.05, 4.69) is 20.5 Å². The lowest BCUT2D eigenvalue weighted by Gasteiger charge is -2.30. The summed E-state index contributed by atoms with van der Waals surface area (Å²) in [6.45, 7) is 1.37. The number of anilines is 2. The third-order valence-electron chi connectivity index (χ3n) is 5.98. The highest BCUT2D eigenvalue weighted by atomic mass is 35.5. The zero-order valence-corrected chi connectivity index (χ0v) is 20.2. The van der Waals surface area contributed by atoms with Gasteiger partial charge in [-0.1, -0.05) is 23.7 Å². The zero-order chi connectivity index (χ0) is 24.4. The molecule has 3 heterocycles. The number of hydrogen-bond acceptors (Lipinski definition) is 7. The van der Waals surface area contributed by atoms with Crippen molar-refractivity contribution in [1.82, 2.24) is 20.1 Å². The van der Waals surface area contributed by atoms with Crippen molar-refractivity contribution in [2.24, 2.45) is 0 Å². The number of likely N-dealkylation sites (tertiary alicyclic amines) is 1. The normalized spacial score (nSPS) is 14.3. The molecule has 1 aliphatic rings. The maximum absolute atomic E-state index is 12.7. The Labute approximate surface area is 210 Å². The van der Waals surface area contributed by atoms with E-state index in [1.54, 1.807) is 34.5 Å². The Balaban J connectivity index is 1.13. The molecule has 2 aromatic carbocycles. The summed E-state index contributed by atoms with van der Waals surface area (Å²) in [4.78, 5) is 31.4. The van der Waals surface area contributed by atoms with E-state index in [1.165, 1.54) is 11.3 Å². The highest BCUT2D eigenvalue weighted by molar-refractivity contribution is 7.10. The monoisotopic (exact) mass is 510 g/mol. The fraction of sp³-hybridized carbons (Fsp3) is 0.250. The van der Waals surface area contributed by atoms with Gasteiger partial charge in [-0.15, -0.1) is 11.3 Å². The Morgan fingerprint density at radius 1 is 1.20 bits per heavy atom. The van der Waals surface area contributed by atoms with Crippen molar-refractivity contribution in [2.75, 3.05) is 24.1 Å². The molecule has 0 unspecified atom stereocenters. The number of benzene rings is 2. The topological polar surface area (TPSA) is 126 Å². The first-order valence-electron chi connectivity index (χ1n) is 11.1. The molecule has 35 heavy (non-hydrogen) atoms. The molecular weight excluding hydrogens is 488 g/mol. The Bertz CT molecular complexity index is 1360. The Morgan fingerprint density at radius 2 is 1.97 bits per heavy atom. The third-order valence-corrected chi connectivity index (χ3v) is 7.24. The molecule has 1 fully saturated rings. The van der Waals surface area contributed by atoms with E-state index < -0.39 is 0 Å². The first kappa shape index (κ1) is 23.1. The van der Waals surface area contributed by atoms with Gasteiger partial charge in [0, 0.05) is 40.5 Å². The lowest BCUT2D eigenvalue weighted by Crippen LogP contribution is -2.38. The second kappa shape index (κ2) is 9.93. The van der Waals surface area contributed by atoms with Gasteiger partial charge in [0.2, 0.25) is 0 Å². The number of carbonyl (C=O) groups is 2. The minimum Gasteiger partial charge on any atom is -0.445 e. The lowest BCUT2D eigenvalue weighted by molar-refractivity contribution is 0.0870. The first-order valence-corrected chi connectivity index (χ1v) is 12.4. The van der Waals surface area contributed by atoms with Gasteiger partial charge in [0.05, 0.1) is 10.5 Å². The van der Waals surface area contributed by atoms with Crippen LogP contribution >= 0.6 is 22.9 Å². The van der Waals surface area contributed by atoms with Crippen LogP contribution in [0, 0.1) is 0 Å². The number of ether oxygens (including phenoxy) is 1. The van der Waals surface area contributed by atoms with Crippen LogP contribution in [0.4, 0.5) is 16.3 Å². The van der Waals surface area contributed by atoms with Gasteiger partial charge in [0.1, 0.15) is 12.3 Å². The summed E-state index contributed by atoms with van der Waals surface area (Å²) < 4.78 is 5.43. The maximum Gasteiger partial charge on any atom is 0.410 e. The van der Waals surface area contributed by atoms with E-state index in [9.17, 15) is 9.59 Å². The maximum atomic E-state index is 12.7. The molecule has 1 saturated heterocycles. The van der Waals surface area contributed by atoms with Gasteiger partial charge >= 0.3 is 6.09 Å². The molecule has 4 aromatic rings. The van der Waals surface area contributed by atoms with Crippen LogP contribution in [0.25, 0.3) is 10.9 Å². The number of H-pyrrole nitrogens is 1. The molecule has 1 aliphatic heterocycles. The summed E-state index contributed by atoms with van der Waals surface area (Å²) in [6.07, 6.45) is 1.21. The number of aromatic nitrogens is 3. The van der Waals surface area contributed by atoms with Crippen LogP contribution < -0.4 is 11.1 Å². The van der Waals surface area contributed by atoms with Crippen molar-refractivity contribution in [3.8, 4) is 0 Å². The molecule has 2 aromatic heterocycles. The smallest absolute Gasteiger partial charge is 0.410 e. The molecule has 0 bridgehead atoms. The summed E-state index contributed by atoms with van der Waals surface area (Å²) in [5, 5.41) is 13.8. The number of nitrogens with one attached hydrogen (secondary N) is 2. The number of rotatable bonds is 5. The second-order valence-corrected chi connectivity index (χ2v) is 9.66. The molecule has 11 heteroatoms. The van der Waals surface area contributed by atoms with E-state index in [-0.39, 0.29) is 24.5 Å². The summed E-state index contributed by atoms with van der Waals surface area (Å²) in [7, 11) is 0. The number of fused-ring (bicyclic) bond motifs is 1. The van der Waals surface area contributed by atoms with Crippen LogP contribution in [-0.2, 0) is 11.3 Å². The van der Waals surface area contributed by atoms with E-state index in [4.69, 9.17) is 22.1 Å². The summed E-state index contributed by atoms with van der Waals surface area (Å²) >= 11 is 7.35. The Morgan fingerprint density at radius 3 is 2.74 bits per heavy atom. The van der Waals surface area contributed by atoms with Gasteiger partial charge in [-0.3, -0.25) is 9.89 Å². The molecule has 9 nitrogen and oxygen atoms in total. The van der Waals surface area contributed by atoms with Crippen LogP contribution in [0.2, 0.25) is 5.02 Å². The molecule has 2 amide bonds. The predicted molar refractivity (Wildman–Crippen MR) is 136 cm³/mol. The SMILES string of the molecule is Nc1n[nH]c2cc(NC(=O)c3csc(C4CCN(C(=O)OCc5ccc(Cl)cc5)CC4)n3)ccc12. The number of nitrogens with two attached hydrogens (primary N) is 1. The van der Waals surface area contributed by atoms with Crippen LogP contribution in [0.1, 0.15) is 39.8 Å². The first-order chi connectivity index (χ1) is 17.0. The number of nitrogens with zero attached hydrogens (tertiary/aromatic N) is 3. The molecule has 180 valence electrons. The summed E-state index contributed by atoms with van der Waals surface area (Å²) in [6, 6.07) is 12.6. The standard InChI is InChI=1S/C24H23ClN6O3S/c25-16-3-1-14(2-4-16)12-34-24(33)31-9-7-15(8-10-31)23-28-20(13-35-23)22(32)27-17-5-6-18-19(11-17)29-30-21(18)26/h1-6,11,13,15H,7-10,12H2,(H,27,32)(H3,26,29,30). The van der Waals surface area contributed by atoms with E-state index in [1.807, 2.05) is 18.2 Å². The van der Waals surface area contributed by atoms with Crippen LogP contribution in [0.3, 0.4) is 0 Å². The molecule has 0 atom stereocenters. The van der Waals surface area contributed by atoms with Crippen molar-refractivity contribution in [2.45, 2.75) is 25.4 Å². The number of thiazole rings is 1. The fourth-order valence-electron chi connectivity index (χ4n) is 4.02. The zero-order valence-electron chi connectivity index (χ0n) is 18.7. The Kier molecular flexibility index (Phi) is 6.56. The Hall–Kier alpha value is -3.63. The highest BCUT2D eigenvalue weighted by Gasteiger charge is 2.27. The van der Waals surface area contributed by atoms with Gasteiger partial charge in [-0.25, -0.2) is 9.78 Å². The third kappa shape index (κ3) is 5.23. The largest absolute Gasteiger partial charge is 0.445 e. The van der Waals surface area contributed by atoms with Gasteiger partial charge in [0.25, 0.3) is 5.91 Å². The minimum atomic E-state index is -0.325. The van der Waals surface area contributed by atoms with Crippen molar-refractivity contribution >= 4 is 57.3 Å². The van der Waals surface area contributed by atoms with E-state index in [0.29, 0.717) is 35.3 Å². The minimum absolute atomic E-state index is 0.200. The summed E-state index contributed by atoms with van der Waals surface area (Å²) in [5.41, 5.74) is 8.43. The number of hydrogen-bond donors (Lipinski definition) is 3. The van der Waals surface area contributed by atoms with Crippen molar-refractivity contribution in [1.29, 1.82) is 0 Å². The second-order valence-electron chi connectivity index (χ2n) is 8.34. The predicted octanol–water partition coefficient (Wildman–Crippen LogP) is 5.02. The fourth-order valence-corrected chi connectivity index (χ4v) is 5.12.